The topological polar surface area (TPSA) is 46.1 Å². The molecule has 4 rings (SSSR count). The van der Waals surface area contributed by atoms with Crippen molar-refractivity contribution in [3.05, 3.63) is 94.9 Å². The van der Waals surface area contributed by atoms with E-state index in [1.165, 1.54) is 13.2 Å². The van der Waals surface area contributed by atoms with Gasteiger partial charge < -0.3 is 4.90 Å². The maximum atomic E-state index is 13.4. The first-order chi connectivity index (χ1) is 17.8. The molecule has 0 aliphatic carbocycles. The molecule has 0 radical (unpaired) electrons. The van der Waals surface area contributed by atoms with Gasteiger partial charge in [-0.2, -0.15) is 26.3 Å². The maximum absolute atomic E-state index is 13.4. The Morgan fingerprint density at radius 1 is 0.895 bits per heavy atom. The lowest BCUT2D eigenvalue weighted by Gasteiger charge is -2.21. The van der Waals surface area contributed by atoms with E-state index in [0.717, 1.165) is 15.7 Å². The summed E-state index contributed by atoms with van der Waals surface area (Å²) in [7, 11) is 1.29. The van der Waals surface area contributed by atoms with E-state index in [1.807, 2.05) is 35.3 Å². The van der Waals surface area contributed by atoms with Gasteiger partial charge in [0.05, 0.1) is 22.4 Å². The van der Waals surface area contributed by atoms with Crippen LogP contribution in [0.5, 0.6) is 0 Å². The fraction of sp³-hybridized carbons (Fsp3) is 0.222. The van der Waals surface area contributed by atoms with Gasteiger partial charge in [0.1, 0.15) is 5.82 Å². The molecule has 4 nitrogen and oxygen atoms in total. The highest BCUT2D eigenvalue weighted by molar-refractivity contribution is 14.1. The van der Waals surface area contributed by atoms with Gasteiger partial charge in [0.2, 0.25) is 0 Å². The minimum Gasteiger partial charge on any atom is -0.337 e. The number of carbonyl (C=O) groups excluding carboxylic acids is 1. The standard InChI is InChI=1S/C26H19F6N3O.CH3I/c1-15-33-13-22(23(34-15)21-9-5-7-17-6-3-4-8-20(17)21)24(36)35(2)14-16-10-18(25(27,28)29)12-19(11-16)26(30,31)32;1-2/h3-13H,14H2,1-2H3;1H3. The summed E-state index contributed by atoms with van der Waals surface area (Å²) in [6, 6.07) is 14.2. The molecule has 38 heavy (non-hydrogen) atoms. The van der Waals surface area contributed by atoms with Crippen molar-refractivity contribution in [2.24, 2.45) is 0 Å². The Balaban J connectivity index is 0.00000195. The summed E-state index contributed by atoms with van der Waals surface area (Å²) in [5.74, 6) is -0.256. The van der Waals surface area contributed by atoms with Gasteiger partial charge in [-0.1, -0.05) is 65.1 Å². The van der Waals surface area contributed by atoms with Crippen molar-refractivity contribution in [1.29, 1.82) is 0 Å². The van der Waals surface area contributed by atoms with Crippen molar-refractivity contribution < 1.29 is 31.1 Å². The second-order valence-electron chi connectivity index (χ2n) is 8.28. The molecule has 0 unspecified atom stereocenters. The molecule has 0 atom stereocenters. The van der Waals surface area contributed by atoms with Crippen LogP contribution in [0.3, 0.4) is 0 Å². The van der Waals surface area contributed by atoms with Gasteiger partial charge in [-0.15, -0.1) is 0 Å². The Morgan fingerprint density at radius 2 is 1.47 bits per heavy atom. The van der Waals surface area contributed by atoms with E-state index in [4.69, 9.17) is 0 Å². The fourth-order valence-electron chi connectivity index (χ4n) is 3.93. The number of amides is 1. The predicted molar refractivity (Wildman–Crippen MR) is 142 cm³/mol. The van der Waals surface area contributed by atoms with Gasteiger partial charge in [-0.3, -0.25) is 4.79 Å². The summed E-state index contributed by atoms with van der Waals surface area (Å²) in [6.45, 7) is 1.16. The molecule has 0 spiro atoms. The number of benzene rings is 3. The first-order valence-corrected chi connectivity index (χ1v) is 13.2. The molecule has 1 aromatic heterocycles. The average Bonchev–Trinajstić information content (AvgIpc) is 2.88. The minimum atomic E-state index is -4.98. The lowest BCUT2D eigenvalue weighted by atomic mass is 9.99. The molecule has 0 N–H and O–H groups in total. The second-order valence-corrected chi connectivity index (χ2v) is 8.28. The lowest BCUT2D eigenvalue weighted by molar-refractivity contribution is -0.143. The van der Waals surface area contributed by atoms with E-state index in [2.05, 4.69) is 32.6 Å². The van der Waals surface area contributed by atoms with E-state index < -0.39 is 35.9 Å². The Hall–Kier alpha value is -3.22. The number of aryl methyl sites for hydroxylation is 1. The smallest absolute Gasteiger partial charge is 0.337 e. The Bertz CT molecular complexity index is 1420. The van der Waals surface area contributed by atoms with Crippen molar-refractivity contribution in [2.75, 3.05) is 12.0 Å². The van der Waals surface area contributed by atoms with Crippen LogP contribution in [0.25, 0.3) is 22.0 Å². The third-order valence-electron chi connectivity index (χ3n) is 5.60. The number of carbonyl (C=O) groups is 1. The molecule has 0 bridgehead atoms. The number of fused-ring (bicyclic) bond motifs is 1. The molecule has 3 aromatic carbocycles. The third-order valence-corrected chi connectivity index (χ3v) is 5.60. The van der Waals surface area contributed by atoms with Gasteiger partial charge in [-0.05, 0) is 46.4 Å². The summed E-state index contributed by atoms with van der Waals surface area (Å²) >= 11 is 2.15. The summed E-state index contributed by atoms with van der Waals surface area (Å²) in [5, 5.41) is 1.73. The van der Waals surface area contributed by atoms with Gasteiger partial charge >= 0.3 is 12.4 Å². The van der Waals surface area contributed by atoms with Crippen LogP contribution in [0.2, 0.25) is 0 Å². The zero-order chi connectivity index (χ0) is 28.3. The first-order valence-electron chi connectivity index (χ1n) is 11.1. The molecular weight excluding hydrogens is 623 g/mol. The molecule has 1 heterocycles. The van der Waals surface area contributed by atoms with E-state index in [0.29, 0.717) is 29.2 Å². The monoisotopic (exact) mass is 645 g/mol. The number of hydrogen-bond acceptors (Lipinski definition) is 3. The van der Waals surface area contributed by atoms with Crippen molar-refractivity contribution in [3.63, 3.8) is 0 Å². The highest BCUT2D eigenvalue weighted by Gasteiger charge is 2.37. The van der Waals surface area contributed by atoms with Crippen LogP contribution >= 0.6 is 22.6 Å². The van der Waals surface area contributed by atoms with Gasteiger partial charge in [0.15, 0.2) is 0 Å². The van der Waals surface area contributed by atoms with Crippen LogP contribution in [0.1, 0.15) is 32.9 Å². The van der Waals surface area contributed by atoms with Crippen LogP contribution in [-0.4, -0.2) is 32.8 Å². The predicted octanol–water partition coefficient (Wildman–Crippen LogP) is 7.97. The Morgan fingerprint density at radius 3 is 2.08 bits per heavy atom. The Labute approximate surface area is 228 Å². The average molecular weight is 645 g/mol. The minimum absolute atomic E-state index is 0.0533. The summed E-state index contributed by atoms with van der Waals surface area (Å²) in [6.07, 6.45) is -8.65. The van der Waals surface area contributed by atoms with Crippen LogP contribution in [0.4, 0.5) is 26.3 Å². The largest absolute Gasteiger partial charge is 0.416 e. The van der Waals surface area contributed by atoms with Gasteiger partial charge in [0.25, 0.3) is 5.91 Å². The van der Waals surface area contributed by atoms with Crippen molar-refractivity contribution in [1.82, 2.24) is 14.9 Å². The Kier molecular flexibility index (Phi) is 9.01. The molecule has 0 fully saturated rings. The van der Waals surface area contributed by atoms with Gasteiger partial charge in [-0.25, -0.2) is 9.97 Å². The van der Waals surface area contributed by atoms with E-state index >= 15 is 0 Å². The quantitative estimate of drug-likeness (QED) is 0.129. The number of halogens is 7. The molecular formula is C27H22F6IN3O. The van der Waals surface area contributed by atoms with E-state index in [9.17, 15) is 31.1 Å². The normalized spacial score (nSPS) is 11.6. The molecule has 1 amide bonds. The van der Waals surface area contributed by atoms with E-state index in [-0.39, 0.29) is 17.2 Å². The molecule has 0 saturated carbocycles. The SMILES string of the molecule is CI.Cc1ncc(C(=O)N(C)Cc2cc(C(F)(F)F)cc(C(F)(F)F)c2)c(-c2cccc3ccccc23)n1. The third kappa shape index (κ3) is 6.61. The summed E-state index contributed by atoms with van der Waals surface area (Å²) in [5.41, 5.74) is -2.16. The highest BCUT2D eigenvalue weighted by atomic mass is 127. The molecule has 4 aromatic rings. The number of nitrogens with zero attached hydrogens (tertiary/aromatic N) is 3. The second kappa shape index (κ2) is 11.7. The molecule has 0 aliphatic heterocycles. The van der Waals surface area contributed by atoms with Crippen molar-refractivity contribution in [2.45, 2.75) is 25.8 Å². The lowest BCUT2D eigenvalue weighted by Crippen LogP contribution is -2.27. The van der Waals surface area contributed by atoms with Crippen molar-refractivity contribution in [3.8, 4) is 11.3 Å². The molecule has 0 saturated heterocycles. The molecule has 200 valence electrons. The van der Waals surface area contributed by atoms with E-state index in [1.54, 1.807) is 19.1 Å². The number of hydrogen-bond donors (Lipinski definition) is 0. The molecule has 11 heteroatoms. The zero-order valence-corrected chi connectivity index (χ0v) is 22.6. The summed E-state index contributed by atoms with van der Waals surface area (Å²) in [4.78, 5) is 24.9. The number of aromatic nitrogens is 2. The van der Waals surface area contributed by atoms with Crippen LogP contribution in [-0.2, 0) is 18.9 Å². The maximum Gasteiger partial charge on any atom is 0.416 e. The first kappa shape index (κ1) is 29.3. The number of rotatable bonds is 4. The summed E-state index contributed by atoms with van der Waals surface area (Å²) < 4.78 is 79.4. The number of alkyl halides is 7. The van der Waals surface area contributed by atoms with Gasteiger partial charge in [0, 0.05) is 25.4 Å². The fourth-order valence-corrected chi connectivity index (χ4v) is 3.93. The van der Waals surface area contributed by atoms with Crippen LogP contribution in [0, 0.1) is 6.92 Å². The molecule has 0 aliphatic rings. The van der Waals surface area contributed by atoms with Crippen molar-refractivity contribution >= 4 is 39.3 Å². The zero-order valence-electron chi connectivity index (χ0n) is 20.5. The highest BCUT2D eigenvalue weighted by Crippen LogP contribution is 2.37. The van der Waals surface area contributed by atoms with Crippen LogP contribution in [0.15, 0.2) is 66.9 Å². The van der Waals surface area contributed by atoms with Crippen LogP contribution < -0.4 is 0 Å².